The molecule has 82 valence electrons. The number of primary amides is 1. The molecule has 16 heavy (non-hydrogen) atoms. The zero-order valence-electron chi connectivity index (χ0n) is 8.14. The molecule has 6 heteroatoms. The van der Waals surface area contributed by atoms with E-state index in [1.54, 1.807) is 0 Å². The van der Waals surface area contributed by atoms with Gasteiger partial charge < -0.3 is 10.8 Å². The van der Waals surface area contributed by atoms with Crippen LogP contribution in [-0.2, 0) is 4.79 Å². The monoisotopic (exact) mass is 220 g/mol. The first-order valence-corrected chi connectivity index (χ1v) is 4.25. The fourth-order valence-corrected chi connectivity index (χ4v) is 0.989. The number of rotatable bonds is 2. The number of nitro benzene ring substituents is 1. The normalized spacial score (nSPS) is 9.00. The van der Waals surface area contributed by atoms with Crippen LogP contribution in [0.3, 0.4) is 0 Å². The van der Waals surface area contributed by atoms with Gasteiger partial charge in [-0.2, -0.15) is 0 Å². The Kier molecular flexibility index (Phi) is 3.45. The molecule has 1 aromatic rings. The fourth-order valence-electron chi connectivity index (χ4n) is 0.989. The van der Waals surface area contributed by atoms with Crippen LogP contribution in [0.1, 0.15) is 12.0 Å². The van der Waals surface area contributed by atoms with Crippen molar-refractivity contribution >= 4 is 11.6 Å². The van der Waals surface area contributed by atoms with Crippen molar-refractivity contribution in [2.45, 2.75) is 6.42 Å². The maximum atomic E-state index is 10.4. The van der Waals surface area contributed by atoms with E-state index in [1.165, 1.54) is 6.07 Å². The van der Waals surface area contributed by atoms with E-state index < -0.39 is 16.6 Å². The van der Waals surface area contributed by atoms with Crippen LogP contribution < -0.4 is 5.73 Å². The number of phenols is 1. The molecule has 0 saturated carbocycles. The van der Waals surface area contributed by atoms with Crippen LogP contribution in [0.25, 0.3) is 0 Å². The van der Waals surface area contributed by atoms with Gasteiger partial charge in [0.1, 0.15) is 0 Å². The molecule has 0 unspecified atom stereocenters. The number of phenolic OH excluding ortho intramolecular Hbond substituents is 1. The summed E-state index contributed by atoms with van der Waals surface area (Å²) in [5.74, 6) is 4.00. The van der Waals surface area contributed by atoms with Crippen molar-refractivity contribution in [2.24, 2.45) is 5.73 Å². The van der Waals surface area contributed by atoms with Crippen molar-refractivity contribution < 1.29 is 14.8 Å². The summed E-state index contributed by atoms with van der Waals surface area (Å²) < 4.78 is 0. The maximum absolute atomic E-state index is 10.4. The molecule has 0 radical (unpaired) electrons. The second-order valence-corrected chi connectivity index (χ2v) is 2.91. The van der Waals surface area contributed by atoms with Crippen LogP contribution in [0.15, 0.2) is 18.2 Å². The average molecular weight is 220 g/mol. The fraction of sp³-hybridized carbons (Fsp3) is 0.100. The summed E-state index contributed by atoms with van der Waals surface area (Å²) in [6.07, 6.45) is -0.0995. The van der Waals surface area contributed by atoms with Crippen LogP contribution in [-0.4, -0.2) is 15.9 Å². The number of carbonyl (C=O) groups excluding carboxylic acids is 1. The predicted octanol–water partition coefficient (Wildman–Crippen LogP) is 0.527. The smallest absolute Gasteiger partial charge is 0.310 e. The van der Waals surface area contributed by atoms with Crippen molar-refractivity contribution in [3.8, 4) is 17.6 Å². The second-order valence-electron chi connectivity index (χ2n) is 2.91. The Morgan fingerprint density at radius 2 is 2.25 bits per heavy atom. The lowest BCUT2D eigenvalue weighted by Crippen LogP contribution is -2.08. The molecule has 0 heterocycles. The largest absolute Gasteiger partial charge is 0.502 e. The molecule has 0 spiro atoms. The first kappa shape index (κ1) is 11.5. The Morgan fingerprint density at radius 3 is 2.75 bits per heavy atom. The SMILES string of the molecule is NC(=O)CC#Cc1ccc([N+](=O)[O-])c(O)c1. The van der Waals surface area contributed by atoms with Crippen molar-refractivity contribution in [1.82, 2.24) is 0 Å². The number of hydrogen-bond acceptors (Lipinski definition) is 4. The van der Waals surface area contributed by atoms with Gasteiger partial charge in [0.2, 0.25) is 5.91 Å². The number of amides is 1. The van der Waals surface area contributed by atoms with Crippen molar-refractivity contribution in [3.63, 3.8) is 0 Å². The van der Waals surface area contributed by atoms with Gasteiger partial charge in [-0.25, -0.2) is 0 Å². The quantitative estimate of drug-likeness (QED) is 0.430. The predicted molar refractivity (Wildman–Crippen MR) is 55.5 cm³/mol. The number of benzene rings is 1. The zero-order valence-corrected chi connectivity index (χ0v) is 8.14. The van der Waals surface area contributed by atoms with Crippen LogP contribution in [0.5, 0.6) is 5.75 Å². The van der Waals surface area contributed by atoms with Gasteiger partial charge >= 0.3 is 5.69 Å². The zero-order chi connectivity index (χ0) is 12.1. The molecule has 0 bridgehead atoms. The number of nitrogens with two attached hydrogens (primary N) is 1. The number of aromatic hydroxyl groups is 1. The molecule has 1 rings (SSSR count). The highest BCUT2D eigenvalue weighted by atomic mass is 16.6. The topological polar surface area (TPSA) is 106 Å². The third-order valence-corrected chi connectivity index (χ3v) is 1.67. The van der Waals surface area contributed by atoms with Crippen molar-refractivity contribution in [2.75, 3.05) is 0 Å². The van der Waals surface area contributed by atoms with E-state index in [0.29, 0.717) is 5.56 Å². The summed E-state index contributed by atoms with van der Waals surface area (Å²) >= 11 is 0. The van der Waals surface area contributed by atoms with Gasteiger partial charge in [-0.3, -0.25) is 14.9 Å². The lowest BCUT2D eigenvalue weighted by atomic mass is 10.2. The number of carbonyl (C=O) groups is 1. The van der Waals surface area contributed by atoms with Gasteiger partial charge in [-0.15, -0.1) is 0 Å². The van der Waals surface area contributed by atoms with Crippen molar-refractivity contribution in [3.05, 3.63) is 33.9 Å². The maximum Gasteiger partial charge on any atom is 0.310 e. The molecule has 0 fully saturated rings. The Balaban J connectivity index is 2.92. The molecule has 0 atom stereocenters. The Morgan fingerprint density at radius 1 is 1.56 bits per heavy atom. The van der Waals surface area contributed by atoms with Crippen LogP contribution in [0.2, 0.25) is 0 Å². The first-order valence-electron chi connectivity index (χ1n) is 4.25. The Hall–Kier alpha value is -2.55. The van der Waals surface area contributed by atoms with Gasteiger partial charge in [-0.05, 0) is 6.07 Å². The first-order chi connectivity index (χ1) is 7.50. The molecule has 0 aliphatic rings. The van der Waals surface area contributed by atoms with Crippen LogP contribution in [0.4, 0.5) is 5.69 Å². The van der Waals surface area contributed by atoms with Crippen LogP contribution in [0, 0.1) is 22.0 Å². The third kappa shape index (κ3) is 2.99. The lowest BCUT2D eigenvalue weighted by Gasteiger charge is -1.95. The molecule has 3 N–H and O–H groups in total. The molecular formula is C10H8N2O4. The van der Waals surface area contributed by atoms with Gasteiger partial charge in [0.05, 0.1) is 11.3 Å². The molecule has 6 nitrogen and oxygen atoms in total. The van der Waals surface area contributed by atoms with Gasteiger partial charge in [0, 0.05) is 17.7 Å². The minimum atomic E-state index is -0.698. The summed E-state index contributed by atoms with van der Waals surface area (Å²) in [5.41, 5.74) is 4.86. The van der Waals surface area contributed by atoms with E-state index in [0.717, 1.165) is 12.1 Å². The Labute approximate surface area is 90.8 Å². The van der Waals surface area contributed by atoms with Crippen LogP contribution >= 0.6 is 0 Å². The minimum Gasteiger partial charge on any atom is -0.502 e. The van der Waals surface area contributed by atoms with E-state index in [4.69, 9.17) is 5.73 Å². The lowest BCUT2D eigenvalue weighted by molar-refractivity contribution is -0.385. The minimum absolute atomic E-state index is 0.0995. The Bertz CT molecular complexity index is 499. The van der Waals surface area contributed by atoms with Gasteiger partial charge in [0.15, 0.2) is 5.75 Å². The average Bonchev–Trinajstić information content (AvgIpc) is 2.16. The van der Waals surface area contributed by atoms with E-state index in [-0.39, 0.29) is 12.1 Å². The molecular weight excluding hydrogens is 212 g/mol. The van der Waals surface area contributed by atoms with Crippen molar-refractivity contribution in [1.29, 1.82) is 0 Å². The highest BCUT2D eigenvalue weighted by molar-refractivity contribution is 5.76. The summed E-state index contributed by atoms with van der Waals surface area (Å²) in [5, 5.41) is 19.7. The van der Waals surface area contributed by atoms with E-state index in [9.17, 15) is 20.0 Å². The molecule has 1 aromatic carbocycles. The molecule has 0 aromatic heterocycles. The molecule has 0 aliphatic carbocycles. The standard InChI is InChI=1S/C10H8N2O4/c11-10(14)3-1-2-7-4-5-8(12(15)16)9(13)6-7/h4-6,13H,3H2,(H2,11,14). The van der Waals surface area contributed by atoms with Gasteiger partial charge in [0.25, 0.3) is 0 Å². The summed E-state index contributed by atoms with van der Waals surface area (Å²) in [6.45, 7) is 0. The number of nitro groups is 1. The van der Waals surface area contributed by atoms with Gasteiger partial charge in [-0.1, -0.05) is 11.8 Å². The summed E-state index contributed by atoms with van der Waals surface area (Å²) in [6, 6.07) is 3.68. The second kappa shape index (κ2) is 4.79. The van der Waals surface area contributed by atoms with E-state index >= 15 is 0 Å². The third-order valence-electron chi connectivity index (χ3n) is 1.67. The summed E-state index contributed by atoms with van der Waals surface area (Å²) in [7, 11) is 0. The number of hydrogen-bond donors (Lipinski definition) is 2. The molecule has 0 saturated heterocycles. The van der Waals surface area contributed by atoms with E-state index in [1.807, 2.05) is 0 Å². The highest BCUT2D eigenvalue weighted by Crippen LogP contribution is 2.25. The molecule has 0 aliphatic heterocycles. The van der Waals surface area contributed by atoms with E-state index in [2.05, 4.69) is 11.8 Å². The highest BCUT2D eigenvalue weighted by Gasteiger charge is 2.11. The summed E-state index contributed by atoms with van der Waals surface area (Å²) in [4.78, 5) is 20.1. The number of nitrogens with zero attached hydrogens (tertiary/aromatic N) is 1. The molecule has 1 amide bonds.